The van der Waals surface area contributed by atoms with Crippen molar-refractivity contribution in [2.75, 3.05) is 6.61 Å². The SMILES string of the molecule is CCOC(=O)SCc1nnc2n(C)c(=O)c3c4c(sc3n12)COC(C)(C)C4. The second-order valence-corrected chi connectivity index (χ2v) is 8.99. The standard InChI is InChI=1S/C17H20N4O4S2/c1-5-24-16(23)26-8-11-18-19-15-20(4)13(22)12-9-6-17(2,3)25-7-10(9)27-14(12)21(11)15/h5-8H2,1-4H3. The highest BCUT2D eigenvalue weighted by atomic mass is 32.2. The van der Waals surface area contributed by atoms with Crippen LogP contribution in [0.4, 0.5) is 4.79 Å². The lowest BCUT2D eigenvalue weighted by Gasteiger charge is -2.29. The van der Waals surface area contributed by atoms with Gasteiger partial charge in [0.15, 0.2) is 0 Å². The fourth-order valence-electron chi connectivity index (χ4n) is 3.28. The zero-order chi connectivity index (χ0) is 19.3. The molecule has 3 aromatic rings. The largest absolute Gasteiger partial charge is 0.458 e. The van der Waals surface area contributed by atoms with Gasteiger partial charge in [0.1, 0.15) is 10.7 Å². The maximum Gasteiger partial charge on any atom is 0.367 e. The van der Waals surface area contributed by atoms with Crippen LogP contribution in [-0.4, -0.2) is 36.7 Å². The Morgan fingerprint density at radius 1 is 1.41 bits per heavy atom. The van der Waals surface area contributed by atoms with Crippen LogP contribution >= 0.6 is 23.1 Å². The van der Waals surface area contributed by atoms with Crippen molar-refractivity contribution in [1.29, 1.82) is 0 Å². The van der Waals surface area contributed by atoms with Gasteiger partial charge in [0.05, 0.1) is 30.0 Å². The van der Waals surface area contributed by atoms with Gasteiger partial charge in [0.2, 0.25) is 5.78 Å². The number of aryl methyl sites for hydroxylation is 1. The molecule has 0 saturated heterocycles. The van der Waals surface area contributed by atoms with Gasteiger partial charge < -0.3 is 9.47 Å². The molecule has 144 valence electrons. The molecular formula is C17H20N4O4S2. The smallest absolute Gasteiger partial charge is 0.367 e. The third kappa shape index (κ3) is 3.05. The van der Waals surface area contributed by atoms with Gasteiger partial charge >= 0.3 is 5.30 Å². The number of hydrogen-bond donors (Lipinski definition) is 0. The summed E-state index contributed by atoms with van der Waals surface area (Å²) in [6.07, 6.45) is 0.679. The fraction of sp³-hybridized carbons (Fsp3) is 0.529. The average Bonchev–Trinajstić information content (AvgIpc) is 3.18. The summed E-state index contributed by atoms with van der Waals surface area (Å²) in [7, 11) is 1.70. The molecule has 0 spiro atoms. The molecule has 0 aromatic carbocycles. The highest BCUT2D eigenvalue weighted by Gasteiger charge is 2.32. The van der Waals surface area contributed by atoms with Crippen molar-refractivity contribution < 1.29 is 14.3 Å². The highest BCUT2D eigenvalue weighted by Crippen LogP contribution is 2.38. The van der Waals surface area contributed by atoms with Crippen LogP contribution in [0, 0.1) is 0 Å². The van der Waals surface area contributed by atoms with Crippen LogP contribution in [-0.2, 0) is 35.3 Å². The van der Waals surface area contributed by atoms with E-state index in [1.165, 1.54) is 15.9 Å². The lowest BCUT2D eigenvalue weighted by Crippen LogP contribution is -2.32. The molecule has 0 bridgehead atoms. The Balaban J connectivity index is 1.90. The number of aromatic nitrogens is 4. The average molecular weight is 409 g/mol. The number of nitrogens with zero attached hydrogens (tertiary/aromatic N) is 4. The van der Waals surface area contributed by atoms with Gasteiger partial charge in [-0.2, -0.15) is 0 Å². The van der Waals surface area contributed by atoms with E-state index in [0.717, 1.165) is 27.0 Å². The molecule has 4 rings (SSSR count). The van der Waals surface area contributed by atoms with E-state index in [9.17, 15) is 9.59 Å². The molecule has 0 atom stereocenters. The summed E-state index contributed by atoms with van der Waals surface area (Å²) in [4.78, 5) is 26.6. The number of thioether (sulfide) groups is 1. The van der Waals surface area contributed by atoms with E-state index in [4.69, 9.17) is 9.47 Å². The molecule has 27 heavy (non-hydrogen) atoms. The number of thiophene rings is 1. The van der Waals surface area contributed by atoms with Crippen LogP contribution < -0.4 is 5.56 Å². The number of fused-ring (bicyclic) bond motifs is 5. The summed E-state index contributed by atoms with van der Waals surface area (Å²) < 4.78 is 14.3. The Bertz CT molecular complexity index is 1110. The van der Waals surface area contributed by atoms with Crippen LogP contribution in [0.1, 0.15) is 37.0 Å². The predicted octanol–water partition coefficient (Wildman–Crippen LogP) is 2.88. The lowest BCUT2D eigenvalue weighted by atomic mass is 9.94. The molecule has 10 heteroatoms. The van der Waals surface area contributed by atoms with Gasteiger partial charge in [-0.25, -0.2) is 4.79 Å². The third-order valence-electron chi connectivity index (χ3n) is 4.58. The normalized spacial score (nSPS) is 16.0. The first-order valence-corrected chi connectivity index (χ1v) is 10.4. The zero-order valence-corrected chi connectivity index (χ0v) is 17.2. The quantitative estimate of drug-likeness (QED) is 0.616. The summed E-state index contributed by atoms with van der Waals surface area (Å²) in [6, 6.07) is 0. The zero-order valence-electron chi connectivity index (χ0n) is 15.6. The van der Waals surface area contributed by atoms with E-state index < -0.39 is 0 Å². The summed E-state index contributed by atoms with van der Waals surface area (Å²) in [5.74, 6) is 1.39. The Morgan fingerprint density at radius 3 is 2.93 bits per heavy atom. The van der Waals surface area contributed by atoms with Gasteiger partial charge in [0, 0.05) is 18.3 Å². The second kappa shape index (κ2) is 6.61. The van der Waals surface area contributed by atoms with Crippen LogP contribution in [0.2, 0.25) is 0 Å². The van der Waals surface area contributed by atoms with Crippen molar-refractivity contribution in [3.8, 4) is 0 Å². The molecule has 0 aliphatic carbocycles. The molecule has 3 aromatic heterocycles. The lowest BCUT2D eigenvalue weighted by molar-refractivity contribution is -0.0379. The minimum Gasteiger partial charge on any atom is -0.458 e. The molecule has 8 nitrogen and oxygen atoms in total. The summed E-state index contributed by atoms with van der Waals surface area (Å²) in [5.41, 5.74) is 0.660. The first-order valence-electron chi connectivity index (χ1n) is 8.63. The molecule has 0 radical (unpaired) electrons. The van der Waals surface area contributed by atoms with Crippen molar-refractivity contribution in [2.24, 2.45) is 7.05 Å². The summed E-state index contributed by atoms with van der Waals surface area (Å²) in [6.45, 7) is 6.65. The number of carbonyl (C=O) groups excluding carboxylic acids is 1. The monoisotopic (exact) mass is 408 g/mol. The van der Waals surface area contributed by atoms with Crippen LogP contribution in [0.15, 0.2) is 4.79 Å². The molecule has 0 unspecified atom stereocenters. The number of rotatable bonds is 3. The van der Waals surface area contributed by atoms with E-state index in [-0.39, 0.29) is 16.5 Å². The molecule has 1 aliphatic rings. The van der Waals surface area contributed by atoms with E-state index in [1.54, 1.807) is 14.0 Å². The van der Waals surface area contributed by atoms with E-state index >= 15 is 0 Å². The Kier molecular flexibility index (Phi) is 4.52. The molecule has 4 heterocycles. The first-order chi connectivity index (χ1) is 12.8. The van der Waals surface area contributed by atoms with Crippen LogP contribution in [0.3, 0.4) is 0 Å². The maximum absolute atomic E-state index is 13.0. The molecule has 0 amide bonds. The highest BCUT2D eigenvalue weighted by molar-refractivity contribution is 8.12. The minimum absolute atomic E-state index is 0.0790. The van der Waals surface area contributed by atoms with Crippen LogP contribution in [0.25, 0.3) is 16.0 Å². The number of hydrogen-bond acceptors (Lipinski definition) is 8. The van der Waals surface area contributed by atoms with Crippen molar-refractivity contribution in [2.45, 2.75) is 45.2 Å². The molecule has 0 fully saturated rings. The van der Waals surface area contributed by atoms with E-state index in [2.05, 4.69) is 10.2 Å². The van der Waals surface area contributed by atoms with Gasteiger partial charge in [-0.3, -0.25) is 13.8 Å². The van der Waals surface area contributed by atoms with Crippen LogP contribution in [0.5, 0.6) is 0 Å². The molecule has 1 aliphatic heterocycles. The number of carbonyl (C=O) groups is 1. The first kappa shape index (κ1) is 18.5. The second-order valence-electron chi connectivity index (χ2n) is 7.00. The number of ether oxygens (including phenoxy) is 2. The van der Waals surface area contributed by atoms with Gasteiger partial charge in [-0.15, -0.1) is 21.5 Å². The minimum atomic E-state index is -0.351. The van der Waals surface area contributed by atoms with E-state index in [1.807, 2.05) is 18.2 Å². The van der Waals surface area contributed by atoms with Gasteiger partial charge in [-0.1, -0.05) is 0 Å². The molecule has 0 saturated carbocycles. The van der Waals surface area contributed by atoms with Crippen molar-refractivity contribution in [3.05, 3.63) is 26.6 Å². The molecular weight excluding hydrogens is 388 g/mol. The topological polar surface area (TPSA) is 87.7 Å². The van der Waals surface area contributed by atoms with E-state index in [0.29, 0.717) is 42.4 Å². The van der Waals surface area contributed by atoms with Crippen molar-refractivity contribution in [3.63, 3.8) is 0 Å². The summed E-state index contributed by atoms with van der Waals surface area (Å²) >= 11 is 2.57. The Labute approximate surface area is 163 Å². The maximum atomic E-state index is 13.0. The Morgan fingerprint density at radius 2 is 2.19 bits per heavy atom. The third-order valence-corrected chi connectivity index (χ3v) is 6.53. The van der Waals surface area contributed by atoms with Gasteiger partial charge in [-0.05, 0) is 38.1 Å². The van der Waals surface area contributed by atoms with Crippen molar-refractivity contribution >= 4 is 44.4 Å². The Hall–Kier alpha value is -1.91. The molecule has 0 N–H and O–H groups in total. The van der Waals surface area contributed by atoms with Gasteiger partial charge in [0.25, 0.3) is 5.56 Å². The fourth-order valence-corrected chi connectivity index (χ4v) is 5.16. The van der Waals surface area contributed by atoms with Crippen molar-refractivity contribution in [1.82, 2.24) is 19.2 Å². The predicted molar refractivity (Wildman–Crippen MR) is 105 cm³/mol. The summed E-state index contributed by atoms with van der Waals surface area (Å²) in [5, 5.41) is 8.73.